The van der Waals surface area contributed by atoms with E-state index in [0.29, 0.717) is 5.75 Å². The van der Waals surface area contributed by atoms with Crippen molar-refractivity contribution in [1.29, 1.82) is 0 Å². The van der Waals surface area contributed by atoms with Gasteiger partial charge in [-0.3, -0.25) is 14.4 Å². The molecule has 0 saturated carbocycles. The molecule has 18 nitrogen and oxygen atoms in total. The summed E-state index contributed by atoms with van der Waals surface area (Å²) in [5.41, 5.74) is 2.13. The number of benzene rings is 2. The van der Waals surface area contributed by atoms with Crippen LogP contribution in [0.2, 0.25) is 0 Å². The second kappa shape index (κ2) is 28.3. The van der Waals surface area contributed by atoms with E-state index in [9.17, 15) is 27.6 Å². The fourth-order valence-electron chi connectivity index (χ4n) is 5.27. The summed E-state index contributed by atoms with van der Waals surface area (Å²) in [6.07, 6.45) is 10.9. The Morgan fingerprint density at radius 2 is 1.17 bits per heavy atom. The summed E-state index contributed by atoms with van der Waals surface area (Å²) in [6, 6.07) is 14.2. The second-order valence-corrected chi connectivity index (χ2v) is 14.9. The summed E-state index contributed by atoms with van der Waals surface area (Å²) in [4.78, 5) is 53.0. The summed E-state index contributed by atoms with van der Waals surface area (Å²) in [5, 5.41) is 22.4. The number of aryl methyl sites for hydroxylation is 1. The lowest BCUT2D eigenvalue weighted by molar-refractivity contribution is -0.143. The van der Waals surface area contributed by atoms with E-state index in [1.165, 1.54) is 30.1 Å². The van der Waals surface area contributed by atoms with Crippen LogP contribution in [0.25, 0.3) is 0 Å². The van der Waals surface area contributed by atoms with E-state index in [1.54, 1.807) is 12.1 Å². The Morgan fingerprint density at radius 3 is 1.80 bits per heavy atom. The van der Waals surface area contributed by atoms with Crippen molar-refractivity contribution < 1.29 is 61.5 Å². The molecular formula is C40H55N5O13S. The third-order valence-electron chi connectivity index (χ3n) is 8.36. The molecule has 19 heteroatoms. The molecule has 5 N–H and O–H groups in total. The number of carboxylic acid groups (broad SMARTS) is 2. The first-order chi connectivity index (χ1) is 28.5. The third kappa shape index (κ3) is 21.9. The molecule has 0 aliphatic heterocycles. The van der Waals surface area contributed by atoms with Crippen molar-refractivity contribution in [2.45, 2.75) is 69.3 Å². The standard InChI is InChI=1S/C40H55N5O13S/c46-36(41-18-20-54-23-25-57-30-38(49)50)29-56-24-22-55-21-19-42-39(51)33-26-43-40(44-27-33)45-59(52,53)35-16-12-32(13-17-35)28-58-34-14-10-31(11-15-34)8-6-4-2-1-3-5-7-9-37(47)48/h10-17,26-27H,1-9,18-25,28-30H2,(H,41,46)(H,42,51)(H,47,48)(H,49,50)(H,43,44,45). The molecule has 0 radical (unpaired) electrons. The van der Waals surface area contributed by atoms with Gasteiger partial charge in [-0.1, -0.05) is 56.4 Å². The van der Waals surface area contributed by atoms with Crippen molar-refractivity contribution >= 4 is 39.7 Å². The number of carbonyl (C=O) groups excluding carboxylic acids is 2. The van der Waals surface area contributed by atoms with Gasteiger partial charge in [0.2, 0.25) is 11.9 Å². The predicted octanol–water partition coefficient (Wildman–Crippen LogP) is 3.60. The number of anilines is 1. The lowest BCUT2D eigenvalue weighted by Gasteiger charge is -2.10. The number of amides is 2. The number of sulfonamides is 1. The average molecular weight is 846 g/mol. The highest BCUT2D eigenvalue weighted by atomic mass is 32.2. The number of hydrogen-bond acceptors (Lipinski definition) is 13. The highest BCUT2D eigenvalue weighted by Gasteiger charge is 2.17. The summed E-state index contributed by atoms with van der Waals surface area (Å²) >= 11 is 0. The fraction of sp³-hybridized carbons (Fsp3) is 0.500. The highest BCUT2D eigenvalue weighted by Crippen LogP contribution is 2.19. The average Bonchev–Trinajstić information content (AvgIpc) is 3.21. The molecule has 0 bridgehead atoms. The Morgan fingerprint density at radius 1 is 0.610 bits per heavy atom. The van der Waals surface area contributed by atoms with Crippen LogP contribution in [0, 0.1) is 0 Å². The van der Waals surface area contributed by atoms with Crippen molar-refractivity contribution in [3.8, 4) is 5.75 Å². The predicted molar refractivity (Wildman–Crippen MR) is 215 cm³/mol. The van der Waals surface area contributed by atoms with Crippen molar-refractivity contribution in [2.24, 2.45) is 0 Å². The van der Waals surface area contributed by atoms with E-state index >= 15 is 0 Å². The summed E-state index contributed by atoms with van der Waals surface area (Å²) < 4.78 is 54.8. The Balaban J connectivity index is 1.24. The smallest absolute Gasteiger partial charge is 0.329 e. The molecule has 0 saturated heterocycles. The zero-order valence-electron chi connectivity index (χ0n) is 33.1. The molecule has 3 rings (SSSR count). The van der Waals surface area contributed by atoms with Crippen LogP contribution in [0.1, 0.15) is 72.9 Å². The second-order valence-electron chi connectivity index (χ2n) is 13.2. The first kappa shape index (κ1) is 48.2. The third-order valence-corrected chi connectivity index (χ3v) is 9.71. The van der Waals surface area contributed by atoms with Gasteiger partial charge in [0.15, 0.2) is 0 Å². The molecular weight excluding hydrogens is 791 g/mol. The molecule has 324 valence electrons. The van der Waals surface area contributed by atoms with Gasteiger partial charge in [0.1, 0.15) is 25.6 Å². The van der Waals surface area contributed by atoms with E-state index < -0.39 is 34.5 Å². The number of hydrogen-bond donors (Lipinski definition) is 5. The van der Waals surface area contributed by atoms with Crippen LogP contribution in [0.3, 0.4) is 0 Å². The van der Waals surface area contributed by atoms with E-state index in [0.717, 1.165) is 56.9 Å². The maximum absolute atomic E-state index is 13.0. The highest BCUT2D eigenvalue weighted by molar-refractivity contribution is 7.92. The Labute approximate surface area is 344 Å². The molecule has 1 heterocycles. The van der Waals surface area contributed by atoms with Crippen LogP contribution >= 0.6 is 0 Å². The largest absolute Gasteiger partial charge is 0.489 e. The molecule has 0 atom stereocenters. The maximum atomic E-state index is 13.0. The molecule has 2 amide bonds. The van der Waals surface area contributed by atoms with Gasteiger partial charge in [-0.05, 0) is 54.7 Å². The molecule has 59 heavy (non-hydrogen) atoms. The first-order valence-corrected chi connectivity index (χ1v) is 20.9. The fourth-order valence-corrected chi connectivity index (χ4v) is 6.22. The zero-order valence-corrected chi connectivity index (χ0v) is 33.9. The Bertz CT molecular complexity index is 1800. The number of nitrogens with zero attached hydrogens (tertiary/aromatic N) is 2. The molecule has 0 unspecified atom stereocenters. The monoisotopic (exact) mass is 845 g/mol. The maximum Gasteiger partial charge on any atom is 0.329 e. The number of aromatic nitrogens is 2. The van der Waals surface area contributed by atoms with Gasteiger partial charge in [0.05, 0.1) is 50.1 Å². The topological polar surface area (TPSA) is 251 Å². The van der Waals surface area contributed by atoms with Gasteiger partial charge in [-0.15, -0.1) is 0 Å². The molecule has 0 fully saturated rings. The van der Waals surface area contributed by atoms with Crippen molar-refractivity contribution in [3.05, 3.63) is 77.6 Å². The molecule has 0 aliphatic rings. The van der Waals surface area contributed by atoms with Crippen LogP contribution in [0.15, 0.2) is 65.8 Å². The molecule has 2 aromatic carbocycles. The minimum absolute atomic E-state index is 0.00364. The normalized spacial score (nSPS) is 11.2. The van der Waals surface area contributed by atoms with Crippen LogP contribution in [0.4, 0.5) is 5.95 Å². The van der Waals surface area contributed by atoms with Gasteiger partial charge < -0.3 is 44.5 Å². The van der Waals surface area contributed by atoms with Crippen LogP contribution in [-0.2, 0) is 56.4 Å². The first-order valence-electron chi connectivity index (χ1n) is 19.5. The van der Waals surface area contributed by atoms with E-state index in [4.69, 9.17) is 33.9 Å². The van der Waals surface area contributed by atoms with Crippen molar-refractivity contribution in [1.82, 2.24) is 20.6 Å². The number of rotatable bonds is 33. The van der Waals surface area contributed by atoms with E-state index in [2.05, 4.69) is 25.3 Å². The van der Waals surface area contributed by atoms with Gasteiger partial charge in [-0.2, -0.15) is 0 Å². The Kier molecular flexibility index (Phi) is 23.1. The minimum Gasteiger partial charge on any atom is -0.489 e. The lowest BCUT2D eigenvalue weighted by Crippen LogP contribution is -2.31. The molecule has 1 aromatic heterocycles. The number of ether oxygens (including phenoxy) is 5. The van der Waals surface area contributed by atoms with Gasteiger partial charge in [0.25, 0.3) is 15.9 Å². The number of unbranched alkanes of at least 4 members (excludes halogenated alkanes) is 6. The van der Waals surface area contributed by atoms with Crippen molar-refractivity contribution in [3.63, 3.8) is 0 Å². The summed E-state index contributed by atoms with van der Waals surface area (Å²) in [5.74, 6) is -2.09. The Hall–Kier alpha value is -5.21. The van der Waals surface area contributed by atoms with E-state index in [-0.39, 0.29) is 94.7 Å². The van der Waals surface area contributed by atoms with Gasteiger partial charge in [-0.25, -0.2) is 27.9 Å². The zero-order chi connectivity index (χ0) is 42.6. The lowest BCUT2D eigenvalue weighted by atomic mass is 10.0. The number of carboxylic acids is 2. The number of carbonyl (C=O) groups is 4. The van der Waals surface area contributed by atoms with E-state index in [1.807, 2.05) is 24.3 Å². The molecule has 0 aliphatic carbocycles. The SMILES string of the molecule is O=C(O)CCCCCCCCCc1ccc(OCc2ccc(S(=O)(=O)Nc3ncc(C(=O)NCCOCCOCC(=O)NCCOCCOCC(=O)O)cn3)cc2)cc1. The number of aliphatic carboxylic acids is 2. The quantitative estimate of drug-likeness (QED) is 0.0550. The molecule has 0 spiro atoms. The van der Waals surface area contributed by atoms with Crippen LogP contribution in [-0.4, -0.2) is 118 Å². The summed E-state index contributed by atoms with van der Waals surface area (Å²) in [6.45, 7) is 1.23. The van der Waals surface area contributed by atoms with Crippen LogP contribution in [0.5, 0.6) is 5.75 Å². The van der Waals surface area contributed by atoms with Crippen molar-refractivity contribution in [2.75, 3.05) is 70.7 Å². The number of nitrogens with one attached hydrogen (secondary N) is 3. The minimum atomic E-state index is -4.01. The summed E-state index contributed by atoms with van der Waals surface area (Å²) in [7, 11) is -4.01. The van der Waals surface area contributed by atoms with Crippen LogP contribution < -0.4 is 20.1 Å². The van der Waals surface area contributed by atoms with Gasteiger partial charge >= 0.3 is 11.9 Å². The van der Waals surface area contributed by atoms with Gasteiger partial charge in [0, 0.05) is 31.9 Å². The molecule has 3 aromatic rings.